The van der Waals surface area contributed by atoms with Gasteiger partial charge in [-0.15, -0.1) is 0 Å². The minimum Gasteiger partial charge on any atom is -0.379 e. The number of hydrogen-bond donors (Lipinski definition) is 0. The zero-order valence-electron chi connectivity index (χ0n) is 8.90. The normalized spacial score (nSPS) is 12.9. The van der Waals surface area contributed by atoms with Crippen LogP contribution in [0.25, 0.3) is 0 Å². The third-order valence-corrected chi connectivity index (χ3v) is 1.58. The first-order valence-corrected chi connectivity index (χ1v) is 4.68. The Kier molecular flexibility index (Phi) is 6.11. The van der Waals surface area contributed by atoms with Crippen LogP contribution in [0.4, 0.5) is 13.2 Å². The monoisotopic (exact) mass is 213 g/mol. The molecule has 0 aliphatic rings. The quantitative estimate of drug-likeness (QED) is 0.628. The highest BCUT2D eigenvalue weighted by atomic mass is 19.4. The second-order valence-corrected chi connectivity index (χ2v) is 3.63. The van der Waals surface area contributed by atoms with Crippen molar-refractivity contribution < 1.29 is 17.9 Å². The SMILES string of the molecule is CC(C)OCCCN(C)CC(F)(F)F. The second kappa shape index (κ2) is 6.24. The molecule has 0 aromatic rings. The van der Waals surface area contributed by atoms with Crippen LogP contribution in [-0.2, 0) is 4.74 Å². The molecule has 0 saturated heterocycles. The van der Waals surface area contributed by atoms with E-state index in [0.29, 0.717) is 19.6 Å². The molecule has 0 atom stereocenters. The minimum absolute atomic E-state index is 0.142. The summed E-state index contributed by atoms with van der Waals surface area (Å²) in [6.45, 7) is 3.87. The first-order chi connectivity index (χ1) is 6.31. The van der Waals surface area contributed by atoms with Crippen molar-refractivity contribution >= 4 is 0 Å². The molecule has 5 heteroatoms. The summed E-state index contributed by atoms with van der Waals surface area (Å²) in [5, 5.41) is 0. The summed E-state index contributed by atoms with van der Waals surface area (Å²) in [7, 11) is 1.46. The molecule has 0 aromatic heterocycles. The standard InChI is InChI=1S/C9H18F3NO/c1-8(2)14-6-4-5-13(3)7-9(10,11)12/h8H,4-7H2,1-3H3. The van der Waals surface area contributed by atoms with Gasteiger partial charge >= 0.3 is 6.18 Å². The number of rotatable bonds is 6. The predicted octanol–water partition coefficient (Wildman–Crippen LogP) is 2.30. The molecule has 0 heterocycles. The van der Waals surface area contributed by atoms with Gasteiger partial charge in [-0.3, -0.25) is 4.90 Å². The van der Waals surface area contributed by atoms with Crippen LogP contribution in [0.2, 0.25) is 0 Å². The van der Waals surface area contributed by atoms with Crippen molar-refractivity contribution in [2.45, 2.75) is 32.5 Å². The summed E-state index contributed by atoms with van der Waals surface area (Å²) in [6.07, 6.45) is -3.33. The third kappa shape index (κ3) is 9.80. The molecule has 0 radical (unpaired) electrons. The molecule has 0 amide bonds. The molecule has 14 heavy (non-hydrogen) atoms. The van der Waals surface area contributed by atoms with Gasteiger partial charge in [-0.05, 0) is 27.3 Å². The molecule has 0 aliphatic carbocycles. The van der Waals surface area contributed by atoms with Crippen molar-refractivity contribution in [3.63, 3.8) is 0 Å². The third-order valence-electron chi connectivity index (χ3n) is 1.58. The maximum Gasteiger partial charge on any atom is 0.401 e. The lowest BCUT2D eigenvalue weighted by Crippen LogP contribution is -2.32. The number of ether oxygens (including phenoxy) is 1. The fourth-order valence-corrected chi connectivity index (χ4v) is 1.04. The van der Waals surface area contributed by atoms with Crippen LogP contribution in [0.1, 0.15) is 20.3 Å². The lowest BCUT2D eigenvalue weighted by atomic mass is 10.4. The van der Waals surface area contributed by atoms with Gasteiger partial charge < -0.3 is 4.74 Å². The number of hydrogen-bond acceptors (Lipinski definition) is 2. The summed E-state index contributed by atoms with van der Waals surface area (Å²) < 4.78 is 40.8. The van der Waals surface area contributed by atoms with Crippen LogP contribution < -0.4 is 0 Å². The first kappa shape index (κ1) is 13.7. The topological polar surface area (TPSA) is 12.5 Å². The van der Waals surface area contributed by atoms with E-state index in [1.54, 1.807) is 0 Å². The van der Waals surface area contributed by atoms with Crippen molar-refractivity contribution in [2.75, 3.05) is 26.7 Å². The zero-order chi connectivity index (χ0) is 11.2. The van der Waals surface area contributed by atoms with Gasteiger partial charge in [0.15, 0.2) is 0 Å². The Bertz CT molecular complexity index is 147. The van der Waals surface area contributed by atoms with Gasteiger partial charge in [0.2, 0.25) is 0 Å². The highest BCUT2D eigenvalue weighted by Gasteiger charge is 2.28. The fourth-order valence-electron chi connectivity index (χ4n) is 1.04. The Morgan fingerprint density at radius 2 is 1.86 bits per heavy atom. The van der Waals surface area contributed by atoms with Crippen molar-refractivity contribution in [3.05, 3.63) is 0 Å². The fraction of sp³-hybridized carbons (Fsp3) is 1.00. The molecule has 0 aliphatic heterocycles. The average Bonchev–Trinajstić information content (AvgIpc) is 1.94. The van der Waals surface area contributed by atoms with Crippen LogP contribution in [0.15, 0.2) is 0 Å². The molecule has 0 unspecified atom stereocenters. The van der Waals surface area contributed by atoms with E-state index in [1.165, 1.54) is 11.9 Å². The Balaban J connectivity index is 3.40. The highest BCUT2D eigenvalue weighted by molar-refractivity contribution is 4.58. The van der Waals surface area contributed by atoms with Gasteiger partial charge in [-0.25, -0.2) is 0 Å². The van der Waals surface area contributed by atoms with E-state index in [1.807, 2.05) is 13.8 Å². The van der Waals surface area contributed by atoms with E-state index in [4.69, 9.17) is 4.74 Å². The molecule has 0 aromatic carbocycles. The summed E-state index contributed by atoms with van der Waals surface area (Å²) in [6, 6.07) is 0. The zero-order valence-corrected chi connectivity index (χ0v) is 8.90. The van der Waals surface area contributed by atoms with E-state index < -0.39 is 12.7 Å². The largest absolute Gasteiger partial charge is 0.401 e. The van der Waals surface area contributed by atoms with Gasteiger partial charge in [0.1, 0.15) is 0 Å². The summed E-state index contributed by atoms with van der Waals surface area (Å²) >= 11 is 0. The Morgan fingerprint density at radius 1 is 1.29 bits per heavy atom. The van der Waals surface area contributed by atoms with Crippen molar-refractivity contribution in [1.82, 2.24) is 4.90 Å². The molecule has 86 valence electrons. The number of halogens is 3. The maximum absolute atomic E-state index is 11.9. The van der Waals surface area contributed by atoms with Gasteiger partial charge in [-0.1, -0.05) is 0 Å². The van der Waals surface area contributed by atoms with E-state index in [2.05, 4.69) is 0 Å². The molecule has 0 fully saturated rings. The molecular weight excluding hydrogens is 195 g/mol. The highest BCUT2D eigenvalue weighted by Crippen LogP contribution is 2.15. The van der Waals surface area contributed by atoms with E-state index in [-0.39, 0.29) is 6.10 Å². The predicted molar refractivity (Wildman–Crippen MR) is 49.3 cm³/mol. The smallest absolute Gasteiger partial charge is 0.379 e. The molecule has 0 spiro atoms. The Labute approximate surface area is 83.0 Å². The van der Waals surface area contributed by atoms with Crippen LogP contribution in [0.5, 0.6) is 0 Å². The average molecular weight is 213 g/mol. The van der Waals surface area contributed by atoms with Crippen LogP contribution in [-0.4, -0.2) is 43.9 Å². The van der Waals surface area contributed by atoms with E-state index >= 15 is 0 Å². The summed E-state index contributed by atoms with van der Waals surface area (Å²) in [4.78, 5) is 1.25. The van der Waals surface area contributed by atoms with Gasteiger partial charge in [-0.2, -0.15) is 13.2 Å². The van der Waals surface area contributed by atoms with Crippen LogP contribution in [0.3, 0.4) is 0 Å². The molecule has 0 bridgehead atoms. The Hall–Kier alpha value is -0.290. The summed E-state index contributed by atoms with van der Waals surface area (Å²) in [5.74, 6) is 0. The lowest BCUT2D eigenvalue weighted by Gasteiger charge is -2.18. The van der Waals surface area contributed by atoms with E-state index in [0.717, 1.165) is 0 Å². The summed E-state index contributed by atoms with van der Waals surface area (Å²) in [5.41, 5.74) is 0. The minimum atomic E-state index is -4.10. The number of alkyl halides is 3. The van der Waals surface area contributed by atoms with Crippen molar-refractivity contribution in [3.8, 4) is 0 Å². The van der Waals surface area contributed by atoms with Gasteiger partial charge in [0.05, 0.1) is 12.6 Å². The molecular formula is C9H18F3NO. The van der Waals surface area contributed by atoms with Crippen LogP contribution in [0, 0.1) is 0 Å². The van der Waals surface area contributed by atoms with Crippen LogP contribution >= 0.6 is 0 Å². The molecule has 0 rings (SSSR count). The molecule has 2 nitrogen and oxygen atoms in total. The van der Waals surface area contributed by atoms with E-state index in [9.17, 15) is 13.2 Å². The van der Waals surface area contributed by atoms with Gasteiger partial charge in [0, 0.05) is 13.2 Å². The number of nitrogens with zero attached hydrogens (tertiary/aromatic N) is 1. The second-order valence-electron chi connectivity index (χ2n) is 3.63. The lowest BCUT2D eigenvalue weighted by molar-refractivity contribution is -0.143. The molecule has 0 N–H and O–H groups in total. The Morgan fingerprint density at radius 3 is 2.29 bits per heavy atom. The van der Waals surface area contributed by atoms with Crippen molar-refractivity contribution in [1.29, 1.82) is 0 Å². The molecule has 0 saturated carbocycles. The van der Waals surface area contributed by atoms with Crippen molar-refractivity contribution in [2.24, 2.45) is 0 Å². The maximum atomic E-state index is 11.9. The first-order valence-electron chi connectivity index (χ1n) is 4.68. The van der Waals surface area contributed by atoms with Gasteiger partial charge in [0.25, 0.3) is 0 Å².